The lowest BCUT2D eigenvalue weighted by Gasteiger charge is -2.10. The number of aromatic nitrogens is 8. The molecule has 4 rings (SSSR count). The summed E-state index contributed by atoms with van der Waals surface area (Å²) in [4.78, 5) is 8.80. The summed E-state index contributed by atoms with van der Waals surface area (Å²) in [6.07, 6.45) is 4.25. The van der Waals surface area contributed by atoms with Crippen LogP contribution in [0.5, 0.6) is 0 Å². The van der Waals surface area contributed by atoms with Gasteiger partial charge in [-0.25, -0.2) is 14.8 Å². The number of alkyl halides is 2. The van der Waals surface area contributed by atoms with Crippen molar-refractivity contribution in [3.05, 3.63) is 59.8 Å². The Bertz CT molecular complexity index is 1170. The highest BCUT2D eigenvalue weighted by Crippen LogP contribution is 2.31. The molecule has 3 heterocycles. The van der Waals surface area contributed by atoms with Crippen molar-refractivity contribution in [3.8, 4) is 22.6 Å². The third-order valence-corrected chi connectivity index (χ3v) is 5.35. The van der Waals surface area contributed by atoms with Crippen LogP contribution in [0.15, 0.2) is 42.6 Å². The van der Waals surface area contributed by atoms with E-state index in [0.717, 1.165) is 35.2 Å². The number of benzene rings is 1. The molecule has 0 radical (unpaired) electrons. The lowest BCUT2D eigenvalue weighted by molar-refractivity contribution is -0.0232. The molecular weight excluding hydrogens is 426 g/mol. The molecule has 0 fully saturated rings. The zero-order chi connectivity index (χ0) is 23.3. The van der Waals surface area contributed by atoms with Gasteiger partial charge >= 0.3 is 5.92 Å². The lowest BCUT2D eigenvalue weighted by atomic mass is 10.0. The number of pyridine rings is 1. The van der Waals surface area contributed by atoms with Gasteiger partial charge in [-0.05, 0) is 34.9 Å². The Kier molecular flexibility index (Phi) is 6.81. The SMILES string of the molecule is CCCCc1nc(C(F)(F)CCC)nn1Cc1ccc(-c2ccccc2-c2nnn[nH]2)nc1. The molecule has 0 saturated carbocycles. The number of hydrogen-bond acceptors (Lipinski definition) is 6. The first-order chi connectivity index (χ1) is 16.0. The Labute approximate surface area is 190 Å². The first kappa shape index (κ1) is 22.6. The van der Waals surface area contributed by atoms with E-state index in [4.69, 9.17) is 0 Å². The monoisotopic (exact) mass is 452 g/mol. The number of nitrogens with zero attached hydrogens (tertiary/aromatic N) is 7. The summed E-state index contributed by atoms with van der Waals surface area (Å²) in [6, 6.07) is 11.5. The fourth-order valence-corrected chi connectivity index (χ4v) is 3.64. The van der Waals surface area contributed by atoms with Crippen molar-refractivity contribution in [2.45, 2.75) is 58.4 Å². The van der Waals surface area contributed by atoms with Gasteiger partial charge in [-0.2, -0.15) is 8.78 Å². The molecule has 0 aliphatic heterocycles. The Morgan fingerprint density at radius 2 is 1.85 bits per heavy atom. The molecule has 0 bridgehead atoms. The summed E-state index contributed by atoms with van der Waals surface area (Å²) in [5.41, 5.74) is 3.33. The van der Waals surface area contributed by atoms with Gasteiger partial charge in [0.15, 0.2) is 5.82 Å². The zero-order valence-corrected chi connectivity index (χ0v) is 18.7. The Hall–Kier alpha value is -3.56. The van der Waals surface area contributed by atoms with Crippen molar-refractivity contribution in [1.29, 1.82) is 0 Å². The number of halogens is 2. The van der Waals surface area contributed by atoms with E-state index >= 15 is 0 Å². The van der Waals surface area contributed by atoms with Crippen molar-refractivity contribution in [3.63, 3.8) is 0 Å². The summed E-state index contributed by atoms with van der Waals surface area (Å²) in [6.45, 7) is 4.12. The summed E-state index contributed by atoms with van der Waals surface area (Å²) in [7, 11) is 0. The van der Waals surface area contributed by atoms with Crippen molar-refractivity contribution < 1.29 is 8.78 Å². The number of unbranched alkanes of at least 4 members (excludes halogenated alkanes) is 1. The second kappa shape index (κ2) is 9.93. The number of aromatic amines is 1. The Morgan fingerprint density at radius 1 is 1.03 bits per heavy atom. The summed E-state index contributed by atoms with van der Waals surface area (Å²) in [5.74, 6) is -2.28. The molecule has 172 valence electrons. The molecule has 3 aromatic heterocycles. The molecule has 0 spiro atoms. The molecule has 1 aromatic carbocycles. The third-order valence-electron chi connectivity index (χ3n) is 5.35. The Balaban J connectivity index is 1.59. The predicted octanol–water partition coefficient (Wildman–Crippen LogP) is 4.80. The lowest BCUT2D eigenvalue weighted by Crippen LogP contribution is -2.16. The molecule has 0 saturated heterocycles. The van der Waals surface area contributed by atoms with Crippen molar-refractivity contribution >= 4 is 0 Å². The normalized spacial score (nSPS) is 11.8. The average Bonchev–Trinajstić information content (AvgIpc) is 3.49. The van der Waals surface area contributed by atoms with Crippen LogP contribution in [0.2, 0.25) is 0 Å². The maximum Gasteiger partial charge on any atom is 0.308 e. The van der Waals surface area contributed by atoms with Crippen LogP contribution in [-0.2, 0) is 18.9 Å². The van der Waals surface area contributed by atoms with Gasteiger partial charge in [0, 0.05) is 30.2 Å². The summed E-state index contributed by atoms with van der Waals surface area (Å²) < 4.78 is 30.5. The quantitative estimate of drug-likeness (QED) is 0.371. The van der Waals surface area contributed by atoms with Gasteiger partial charge in [0.2, 0.25) is 5.82 Å². The maximum absolute atomic E-state index is 14.4. The first-order valence-corrected chi connectivity index (χ1v) is 11.1. The molecule has 0 aliphatic rings. The van der Waals surface area contributed by atoms with Gasteiger partial charge in [-0.1, -0.05) is 50.6 Å². The second-order valence-corrected chi connectivity index (χ2v) is 7.91. The molecule has 0 amide bonds. The van der Waals surface area contributed by atoms with Crippen LogP contribution in [0.1, 0.15) is 56.7 Å². The van der Waals surface area contributed by atoms with E-state index in [9.17, 15) is 8.78 Å². The highest BCUT2D eigenvalue weighted by atomic mass is 19.3. The molecule has 1 N–H and O–H groups in total. The van der Waals surface area contributed by atoms with E-state index in [1.54, 1.807) is 17.8 Å². The van der Waals surface area contributed by atoms with Gasteiger partial charge in [0.1, 0.15) is 5.82 Å². The van der Waals surface area contributed by atoms with Gasteiger partial charge in [-0.15, -0.1) is 10.2 Å². The van der Waals surface area contributed by atoms with Crippen LogP contribution >= 0.6 is 0 Å². The van der Waals surface area contributed by atoms with Crippen molar-refractivity contribution in [1.82, 2.24) is 40.4 Å². The molecule has 0 unspecified atom stereocenters. The minimum atomic E-state index is -3.03. The van der Waals surface area contributed by atoms with Crippen LogP contribution in [0.4, 0.5) is 8.78 Å². The molecule has 8 nitrogen and oxygen atoms in total. The van der Waals surface area contributed by atoms with Crippen molar-refractivity contribution in [2.75, 3.05) is 0 Å². The van der Waals surface area contributed by atoms with E-state index in [1.165, 1.54) is 0 Å². The molecule has 4 aromatic rings. The van der Waals surface area contributed by atoms with E-state index < -0.39 is 11.7 Å². The largest absolute Gasteiger partial charge is 0.308 e. The number of H-pyrrole nitrogens is 1. The zero-order valence-electron chi connectivity index (χ0n) is 18.7. The highest BCUT2D eigenvalue weighted by Gasteiger charge is 2.36. The van der Waals surface area contributed by atoms with Crippen LogP contribution < -0.4 is 0 Å². The molecule has 10 heteroatoms. The molecule has 0 atom stereocenters. The highest BCUT2D eigenvalue weighted by molar-refractivity contribution is 5.78. The second-order valence-electron chi connectivity index (χ2n) is 7.91. The van der Waals surface area contributed by atoms with E-state index in [-0.39, 0.29) is 6.42 Å². The number of aryl methyl sites for hydroxylation is 1. The minimum Gasteiger partial charge on any atom is -0.256 e. The molecular formula is C23H26F2N8. The van der Waals surface area contributed by atoms with Crippen LogP contribution in [0, 0.1) is 0 Å². The third kappa shape index (κ3) is 5.10. The fraction of sp³-hybridized carbons (Fsp3) is 0.391. The van der Waals surface area contributed by atoms with Gasteiger partial charge in [-0.3, -0.25) is 4.98 Å². The molecule has 0 aliphatic carbocycles. The molecule has 33 heavy (non-hydrogen) atoms. The number of nitrogens with one attached hydrogen (secondary N) is 1. The van der Waals surface area contributed by atoms with Crippen LogP contribution in [0.25, 0.3) is 22.6 Å². The van der Waals surface area contributed by atoms with Crippen molar-refractivity contribution in [2.24, 2.45) is 0 Å². The topological polar surface area (TPSA) is 98.1 Å². The van der Waals surface area contributed by atoms with E-state index in [1.807, 2.05) is 36.4 Å². The predicted molar refractivity (Wildman–Crippen MR) is 119 cm³/mol. The van der Waals surface area contributed by atoms with Crippen LogP contribution in [0.3, 0.4) is 0 Å². The van der Waals surface area contributed by atoms with Gasteiger partial charge in [0.05, 0.1) is 12.2 Å². The fourth-order valence-electron chi connectivity index (χ4n) is 3.64. The van der Waals surface area contributed by atoms with Gasteiger partial charge < -0.3 is 0 Å². The van der Waals surface area contributed by atoms with Crippen LogP contribution in [-0.4, -0.2) is 40.4 Å². The Morgan fingerprint density at radius 3 is 2.52 bits per heavy atom. The summed E-state index contributed by atoms with van der Waals surface area (Å²) >= 11 is 0. The maximum atomic E-state index is 14.4. The smallest absolute Gasteiger partial charge is 0.256 e. The minimum absolute atomic E-state index is 0.263. The van der Waals surface area contributed by atoms with Gasteiger partial charge in [0.25, 0.3) is 0 Å². The summed E-state index contributed by atoms with van der Waals surface area (Å²) in [5, 5.41) is 18.2. The van der Waals surface area contributed by atoms with E-state index in [0.29, 0.717) is 31.0 Å². The average molecular weight is 453 g/mol. The number of tetrazole rings is 1. The standard InChI is InChI=1S/C23H26F2N8/c1-3-5-10-20-27-22(23(24,25)13-4-2)30-33(20)15-16-11-12-19(26-14-16)17-8-6-7-9-18(17)21-28-31-32-29-21/h6-9,11-12,14H,3-5,10,13,15H2,1-2H3,(H,28,29,31,32). The number of hydrogen-bond donors (Lipinski definition) is 1. The first-order valence-electron chi connectivity index (χ1n) is 11.1. The number of rotatable bonds is 10. The van der Waals surface area contributed by atoms with E-state index in [2.05, 4.69) is 42.6 Å².